The van der Waals surface area contributed by atoms with Gasteiger partial charge in [0.05, 0.1) is 12.2 Å². The third-order valence-corrected chi connectivity index (χ3v) is 2.78. The van der Waals surface area contributed by atoms with E-state index >= 15 is 0 Å². The predicted molar refractivity (Wildman–Crippen MR) is 66.7 cm³/mol. The van der Waals surface area contributed by atoms with E-state index in [1.807, 2.05) is 0 Å². The van der Waals surface area contributed by atoms with Gasteiger partial charge in [-0.3, -0.25) is 4.21 Å². The Balaban J connectivity index is 3.39. The summed E-state index contributed by atoms with van der Waals surface area (Å²) in [5, 5.41) is 3.35. The Kier molecular flexibility index (Phi) is 7.40. The molecule has 0 aromatic rings. The van der Waals surface area contributed by atoms with Gasteiger partial charge in [0.1, 0.15) is 0 Å². The van der Waals surface area contributed by atoms with Crippen molar-refractivity contribution < 1.29 is 8.95 Å². The molecule has 0 radical (unpaired) electrons. The maximum absolute atomic E-state index is 10.9. The smallest absolute Gasteiger partial charge is 0.0599 e. The second-order valence-electron chi connectivity index (χ2n) is 4.88. The van der Waals surface area contributed by atoms with Crippen molar-refractivity contribution in [1.82, 2.24) is 5.32 Å². The SMILES string of the molecule is CC(CCS(C)=O)NCCOC(C)(C)C. The van der Waals surface area contributed by atoms with E-state index in [0.29, 0.717) is 6.04 Å². The van der Waals surface area contributed by atoms with E-state index in [4.69, 9.17) is 4.74 Å². The fourth-order valence-electron chi connectivity index (χ4n) is 1.11. The molecule has 0 aromatic carbocycles. The largest absolute Gasteiger partial charge is 0.375 e. The second kappa shape index (κ2) is 7.36. The molecule has 0 heterocycles. The van der Waals surface area contributed by atoms with Gasteiger partial charge in [0.15, 0.2) is 0 Å². The minimum atomic E-state index is -0.679. The molecule has 2 unspecified atom stereocenters. The van der Waals surface area contributed by atoms with Gasteiger partial charge in [0.25, 0.3) is 0 Å². The molecule has 92 valence electrons. The lowest BCUT2D eigenvalue weighted by Gasteiger charge is -2.20. The Morgan fingerprint density at radius 3 is 2.47 bits per heavy atom. The summed E-state index contributed by atoms with van der Waals surface area (Å²) in [6.07, 6.45) is 2.70. The zero-order valence-electron chi connectivity index (χ0n) is 10.6. The molecule has 15 heavy (non-hydrogen) atoms. The van der Waals surface area contributed by atoms with E-state index < -0.39 is 10.8 Å². The monoisotopic (exact) mass is 235 g/mol. The van der Waals surface area contributed by atoms with Gasteiger partial charge in [0.2, 0.25) is 0 Å². The molecule has 4 heteroatoms. The Hall–Kier alpha value is 0.0700. The maximum Gasteiger partial charge on any atom is 0.0599 e. The van der Waals surface area contributed by atoms with Crippen LogP contribution in [0.1, 0.15) is 34.1 Å². The molecule has 3 nitrogen and oxygen atoms in total. The third kappa shape index (κ3) is 12.0. The number of nitrogens with one attached hydrogen (secondary N) is 1. The van der Waals surface area contributed by atoms with Crippen molar-refractivity contribution in [1.29, 1.82) is 0 Å². The Morgan fingerprint density at radius 2 is 2.00 bits per heavy atom. The Morgan fingerprint density at radius 1 is 1.40 bits per heavy atom. The van der Waals surface area contributed by atoms with Gasteiger partial charge >= 0.3 is 0 Å². The van der Waals surface area contributed by atoms with Gasteiger partial charge in [-0.1, -0.05) is 0 Å². The molecule has 0 saturated heterocycles. The van der Waals surface area contributed by atoms with Crippen LogP contribution in [0, 0.1) is 0 Å². The fourth-order valence-corrected chi connectivity index (χ4v) is 1.79. The summed E-state index contributed by atoms with van der Waals surface area (Å²) in [6.45, 7) is 9.85. The molecule has 0 fully saturated rings. The van der Waals surface area contributed by atoms with Crippen LogP contribution in [-0.2, 0) is 15.5 Å². The zero-order valence-corrected chi connectivity index (χ0v) is 11.4. The first kappa shape index (κ1) is 15.1. The lowest BCUT2D eigenvalue weighted by molar-refractivity contribution is -0.00149. The van der Waals surface area contributed by atoms with Gasteiger partial charge < -0.3 is 10.1 Å². The van der Waals surface area contributed by atoms with Crippen LogP contribution in [0.5, 0.6) is 0 Å². The third-order valence-electron chi connectivity index (χ3n) is 1.97. The summed E-state index contributed by atoms with van der Waals surface area (Å²) in [7, 11) is -0.679. The van der Waals surface area contributed by atoms with E-state index in [9.17, 15) is 4.21 Å². The van der Waals surface area contributed by atoms with Crippen LogP contribution >= 0.6 is 0 Å². The summed E-state index contributed by atoms with van der Waals surface area (Å²) in [6, 6.07) is 0.414. The van der Waals surface area contributed by atoms with Crippen LogP contribution in [0.4, 0.5) is 0 Å². The van der Waals surface area contributed by atoms with Crippen molar-refractivity contribution in [3.05, 3.63) is 0 Å². The molecule has 0 aliphatic heterocycles. The van der Waals surface area contributed by atoms with Crippen LogP contribution in [0.25, 0.3) is 0 Å². The molecule has 1 N–H and O–H groups in total. The Labute approximate surface area is 96.4 Å². The number of hydrogen-bond donors (Lipinski definition) is 1. The van der Waals surface area contributed by atoms with E-state index in [0.717, 1.165) is 25.3 Å². The van der Waals surface area contributed by atoms with Gasteiger partial charge in [-0.05, 0) is 34.1 Å². The normalized spacial score (nSPS) is 16.3. The van der Waals surface area contributed by atoms with E-state index in [1.54, 1.807) is 6.26 Å². The second-order valence-corrected chi connectivity index (χ2v) is 6.44. The summed E-state index contributed by atoms with van der Waals surface area (Å²) in [5.74, 6) is 0.772. The molecule has 0 aliphatic carbocycles. The average molecular weight is 235 g/mol. The summed E-state index contributed by atoms with van der Waals surface area (Å²) in [4.78, 5) is 0. The molecule has 0 aromatic heterocycles. The molecule has 0 amide bonds. The highest BCUT2D eigenvalue weighted by Gasteiger charge is 2.09. The van der Waals surface area contributed by atoms with Crippen molar-refractivity contribution in [3.8, 4) is 0 Å². The summed E-state index contributed by atoms with van der Waals surface area (Å²) < 4.78 is 16.5. The van der Waals surface area contributed by atoms with E-state index in [2.05, 4.69) is 33.0 Å². The van der Waals surface area contributed by atoms with Crippen molar-refractivity contribution in [2.75, 3.05) is 25.2 Å². The number of rotatable bonds is 7. The van der Waals surface area contributed by atoms with Crippen LogP contribution in [0.3, 0.4) is 0 Å². The summed E-state index contributed by atoms with van der Waals surface area (Å²) in [5.41, 5.74) is -0.0597. The van der Waals surface area contributed by atoms with Crippen molar-refractivity contribution in [2.45, 2.75) is 45.8 Å². The minimum Gasteiger partial charge on any atom is -0.375 e. The molecule has 2 atom stereocenters. The first-order valence-corrected chi connectivity index (χ1v) is 7.21. The minimum absolute atomic E-state index is 0.0597. The molecule has 0 saturated carbocycles. The standard InChI is InChI=1S/C11H25NO2S/c1-10(6-9-15(5)13)12-7-8-14-11(2,3)4/h10,12H,6-9H2,1-5H3. The zero-order chi connectivity index (χ0) is 11.9. The molecule has 0 rings (SSSR count). The highest BCUT2D eigenvalue weighted by atomic mass is 32.2. The highest BCUT2D eigenvalue weighted by molar-refractivity contribution is 7.84. The predicted octanol–water partition coefficient (Wildman–Crippen LogP) is 1.55. The topological polar surface area (TPSA) is 38.3 Å². The number of hydrogen-bond acceptors (Lipinski definition) is 3. The first-order chi connectivity index (χ1) is 6.81. The Bertz CT molecular complexity index is 190. The van der Waals surface area contributed by atoms with Gasteiger partial charge in [-0.25, -0.2) is 0 Å². The number of ether oxygens (including phenoxy) is 1. The van der Waals surface area contributed by atoms with Crippen molar-refractivity contribution in [2.24, 2.45) is 0 Å². The van der Waals surface area contributed by atoms with Crippen LogP contribution in [-0.4, -0.2) is 41.0 Å². The average Bonchev–Trinajstić information content (AvgIpc) is 2.07. The quantitative estimate of drug-likeness (QED) is 0.680. The molecular weight excluding hydrogens is 210 g/mol. The van der Waals surface area contributed by atoms with Crippen molar-refractivity contribution >= 4 is 10.8 Å². The molecule has 0 bridgehead atoms. The molecular formula is C11H25NO2S. The van der Waals surface area contributed by atoms with Crippen LogP contribution in [0.15, 0.2) is 0 Å². The fraction of sp³-hybridized carbons (Fsp3) is 1.00. The molecule has 0 spiro atoms. The van der Waals surface area contributed by atoms with Gasteiger partial charge in [-0.2, -0.15) is 0 Å². The molecule has 0 aliphatic rings. The van der Waals surface area contributed by atoms with Crippen molar-refractivity contribution in [3.63, 3.8) is 0 Å². The highest BCUT2D eigenvalue weighted by Crippen LogP contribution is 2.05. The lowest BCUT2D eigenvalue weighted by atomic mass is 10.2. The van der Waals surface area contributed by atoms with Crippen LogP contribution < -0.4 is 5.32 Å². The summed E-state index contributed by atoms with van der Waals surface area (Å²) >= 11 is 0. The van der Waals surface area contributed by atoms with Gasteiger partial charge in [-0.15, -0.1) is 0 Å². The van der Waals surface area contributed by atoms with Gasteiger partial charge in [0, 0.05) is 35.4 Å². The van der Waals surface area contributed by atoms with Crippen LogP contribution in [0.2, 0.25) is 0 Å². The lowest BCUT2D eigenvalue weighted by Crippen LogP contribution is -2.32. The first-order valence-electron chi connectivity index (χ1n) is 5.48. The van der Waals surface area contributed by atoms with E-state index in [-0.39, 0.29) is 5.60 Å². The van der Waals surface area contributed by atoms with E-state index in [1.165, 1.54) is 0 Å². The maximum atomic E-state index is 10.9.